The molecule has 0 aliphatic carbocycles. The molecule has 0 unspecified atom stereocenters. The van der Waals surface area contributed by atoms with E-state index in [4.69, 9.17) is 0 Å². The molecule has 4 nitrogen and oxygen atoms in total. The molecule has 2 aromatic rings. The normalized spacial score (nSPS) is 13.0. The van der Waals surface area contributed by atoms with Gasteiger partial charge in [0.25, 0.3) is 0 Å². The van der Waals surface area contributed by atoms with Crippen LogP contribution in [0.25, 0.3) is 0 Å². The maximum Gasteiger partial charge on any atom is 0.222 e. The molecule has 0 heterocycles. The van der Waals surface area contributed by atoms with Crippen molar-refractivity contribution in [2.45, 2.75) is 46.2 Å². The Bertz CT molecular complexity index is 738. The number of amides is 2. The fourth-order valence-electron chi connectivity index (χ4n) is 2.93. The molecule has 0 aliphatic rings. The van der Waals surface area contributed by atoms with Crippen LogP contribution in [0.2, 0.25) is 0 Å². The summed E-state index contributed by atoms with van der Waals surface area (Å²) in [5.74, 6) is -0.236. The SMILES string of the molecule is CC(=O)N[C@H](CC(=O)N[C@H](C)c1ccccc1C)c1ccc(C)cc1. The van der Waals surface area contributed by atoms with Gasteiger partial charge in [-0.3, -0.25) is 9.59 Å². The number of nitrogens with one attached hydrogen (secondary N) is 2. The molecule has 132 valence electrons. The minimum Gasteiger partial charge on any atom is -0.349 e. The van der Waals surface area contributed by atoms with Crippen molar-refractivity contribution in [3.63, 3.8) is 0 Å². The van der Waals surface area contributed by atoms with Crippen LogP contribution in [0.4, 0.5) is 0 Å². The van der Waals surface area contributed by atoms with Gasteiger partial charge in [0, 0.05) is 6.92 Å². The summed E-state index contributed by atoms with van der Waals surface area (Å²) < 4.78 is 0. The number of hydrogen-bond donors (Lipinski definition) is 2. The highest BCUT2D eigenvalue weighted by Gasteiger charge is 2.19. The summed E-state index contributed by atoms with van der Waals surface area (Å²) in [6.07, 6.45) is 0.207. The Kier molecular flexibility index (Phi) is 6.34. The first-order chi connectivity index (χ1) is 11.9. The third-order valence-electron chi connectivity index (χ3n) is 4.28. The summed E-state index contributed by atoms with van der Waals surface area (Å²) in [6, 6.07) is 15.5. The molecule has 0 aromatic heterocycles. The molecule has 2 amide bonds. The van der Waals surface area contributed by atoms with Crippen LogP contribution in [0.5, 0.6) is 0 Å². The average molecular weight is 338 g/mol. The summed E-state index contributed by atoms with van der Waals surface area (Å²) in [5, 5.41) is 5.90. The molecule has 2 aromatic carbocycles. The minimum atomic E-state index is -0.331. The van der Waals surface area contributed by atoms with E-state index in [1.807, 2.05) is 69.3 Å². The number of rotatable bonds is 6. The monoisotopic (exact) mass is 338 g/mol. The lowest BCUT2D eigenvalue weighted by molar-refractivity contribution is -0.123. The van der Waals surface area contributed by atoms with Crippen molar-refractivity contribution in [3.05, 3.63) is 70.8 Å². The lowest BCUT2D eigenvalue weighted by Gasteiger charge is -2.21. The second-order valence-corrected chi connectivity index (χ2v) is 6.51. The van der Waals surface area contributed by atoms with Crippen molar-refractivity contribution in [1.82, 2.24) is 10.6 Å². The van der Waals surface area contributed by atoms with Crippen LogP contribution in [0.15, 0.2) is 48.5 Å². The highest BCUT2D eigenvalue weighted by molar-refractivity contribution is 5.79. The van der Waals surface area contributed by atoms with Crippen molar-refractivity contribution in [2.75, 3.05) is 0 Å². The van der Waals surface area contributed by atoms with Gasteiger partial charge in [-0.15, -0.1) is 0 Å². The van der Waals surface area contributed by atoms with Gasteiger partial charge in [0.2, 0.25) is 11.8 Å². The molecule has 0 spiro atoms. The summed E-state index contributed by atoms with van der Waals surface area (Å²) in [4.78, 5) is 24.0. The van der Waals surface area contributed by atoms with Crippen LogP contribution in [0, 0.1) is 13.8 Å². The van der Waals surface area contributed by atoms with Gasteiger partial charge in [0.1, 0.15) is 0 Å². The van der Waals surface area contributed by atoms with Gasteiger partial charge in [-0.1, -0.05) is 54.1 Å². The lowest BCUT2D eigenvalue weighted by Crippen LogP contribution is -2.33. The Balaban J connectivity index is 2.07. The number of carbonyl (C=O) groups is 2. The standard InChI is InChI=1S/C21H26N2O2/c1-14-9-11-18(12-10-14)20(23-17(4)24)13-21(25)22-16(3)19-8-6-5-7-15(19)2/h5-12,16,20H,13H2,1-4H3,(H,22,25)(H,23,24)/t16-,20-/m1/s1. The number of aryl methyl sites for hydroxylation is 2. The molecule has 0 aliphatic heterocycles. The number of carbonyl (C=O) groups excluding carboxylic acids is 2. The summed E-state index contributed by atoms with van der Waals surface area (Å²) in [7, 11) is 0. The van der Waals surface area contributed by atoms with E-state index in [-0.39, 0.29) is 30.3 Å². The van der Waals surface area contributed by atoms with Crippen LogP contribution >= 0.6 is 0 Å². The smallest absolute Gasteiger partial charge is 0.222 e. The second kappa shape index (κ2) is 8.47. The Hall–Kier alpha value is -2.62. The molecule has 4 heteroatoms. The quantitative estimate of drug-likeness (QED) is 0.843. The molecule has 2 rings (SSSR count). The molecule has 2 atom stereocenters. The van der Waals surface area contributed by atoms with Crippen molar-refractivity contribution in [1.29, 1.82) is 0 Å². The lowest BCUT2D eigenvalue weighted by atomic mass is 10.00. The van der Waals surface area contributed by atoms with Gasteiger partial charge in [0.15, 0.2) is 0 Å². The summed E-state index contributed by atoms with van der Waals surface area (Å²) in [6.45, 7) is 7.48. The molecule has 25 heavy (non-hydrogen) atoms. The molecule has 0 radical (unpaired) electrons. The Morgan fingerprint density at radius 1 is 0.960 bits per heavy atom. The average Bonchev–Trinajstić information content (AvgIpc) is 2.54. The first kappa shape index (κ1) is 18.7. The zero-order valence-electron chi connectivity index (χ0n) is 15.3. The molecular formula is C21H26N2O2. The largest absolute Gasteiger partial charge is 0.349 e. The molecule has 0 saturated heterocycles. The van der Waals surface area contributed by atoms with Crippen LogP contribution in [-0.4, -0.2) is 11.8 Å². The topological polar surface area (TPSA) is 58.2 Å². The van der Waals surface area contributed by atoms with E-state index < -0.39 is 0 Å². The Labute approximate surface area is 149 Å². The third-order valence-corrected chi connectivity index (χ3v) is 4.28. The van der Waals surface area contributed by atoms with Crippen molar-refractivity contribution in [2.24, 2.45) is 0 Å². The predicted octanol–water partition coefficient (Wildman–Crippen LogP) is 3.75. The fraction of sp³-hybridized carbons (Fsp3) is 0.333. The van der Waals surface area contributed by atoms with Gasteiger partial charge < -0.3 is 10.6 Å². The first-order valence-electron chi connectivity index (χ1n) is 8.55. The van der Waals surface area contributed by atoms with Gasteiger partial charge in [-0.2, -0.15) is 0 Å². The molecule has 2 N–H and O–H groups in total. The number of benzene rings is 2. The third kappa shape index (κ3) is 5.45. The van der Waals surface area contributed by atoms with E-state index in [1.165, 1.54) is 6.92 Å². The maximum atomic E-state index is 12.5. The van der Waals surface area contributed by atoms with Crippen molar-refractivity contribution in [3.8, 4) is 0 Å². The molecular weight excluding hydrogens is 312 g/mol. The Morgan fingerprint density at radius 2 is 1.60 bits per heavy atom. The highest BCUT2D eigenvalue weighted by atomic mass is 16.2. The van der Waals surface area contributed by atoms with Gasteiger partial charge >= 0.3 is 0 Å². The van der Waals surface area contributed by atoms with E-state index in [0.717, 1.165) is 22.3 Å². The fourth-order valence-corrected chi connectivity index (χ4v) is 2.93. The summed E-state index contributed by atoms with van der Waals surface area (Å²) >= 11 is 0. The molecule has 0 fully saturated rings. The van der Waals surface area contributed by atoms with Gasteiger partial charge in [0.05, 0.1) is 18.5 Å². The van der Waals surface area contributed by atoms with E-state index in [0.29, 0.717) is 0 Å². The zero-order valence-corrected chi connectivity index (χ0v) is 15.3. The van der Waals surface area contributed by atoms with Gasteiger partial charge in [-0.25, -0.2) is 0 Å². The van der Waals surface area contributed by atoms with E-state index in [2.05, 4.69) is 10.6 Å². The van der Waals surface area contributed by atoms with E-state index in [1.54, 1.807) is 0 Å². The van der Waals surface area contributed by atoms with E-state index in [9.17, 15) is 9.59 Å². The maximum absolute atomic E-state index is 12.5. The molecule has 0 bridgehead atoms. The minimum absolute atomic E-state index is 0.0790. The van der Waals surface area contributed by atoms with Crippen LogP contribution in [0.1, 0.15) is 54.6 Å². The second-order valence-electron chi connectivity index (χ2n) is 6.51. The van der Waals surface area contributed by atoms with Crippen molar-refractivity contribution < 1.29 is 9.59 Å². The van der Waals surface area contributed by atoms with Crippen LogP contribution in [0.3, 0.4) is 0 Å². The van der Waals surface area contributed by atoms with Crippen LogP contribution < -0.4 is 10.6 Å². The summed E-state index contributed by atoms with van der Waals surface area (Å²) in [5.41, 5.74) is 4.32. The number of hydrogen-bond acceptors (Lipinski definition) is 2. The van der Waals surface area contributed by atoms with Gasteiger partial charge in [-0.05, 0) is 37.5 Å². The van der Waals surface area contributed by atoms with E-state index >= 15 is 0 Å². The van der Waals surface area contributed by atoms with Crippen LogP contribution in [-0.2, 0) is 9.59 Å². The highest BCUT2D eigenvalue weighted by Crippen LogP contribution is 2.20. The predicted molar refractivity (Wildman–Crippen MR) is 100 cm³/mol. The first-order valence-corrected chi connectivity index (χ1v) is 8.55. The van der Waals surface area contributed by atoms with Crippen molar-refractivity contribution >= 4 is 11.8 Å². The Morgan fingerprint density at radius 3 is 2.20 bits per heavy atom. The zero-order chi connectivity index (χ0) is 18.4. The molecule has 0 saturated carbocycles.